The molecular formula is C47H42BrN3. The first kappa shape index (κ1) is 33.1. The van der Waals surface area contributed by atoms with E-state index in [4.69, 9.17) is 9.97 Å². The van der Waals surface area contributed by atoms with Gasteiger partial charge in [0, 0.05) is 17.1 Å². The van der Waals surface area contributed by atoms with Gasteiger partial charge in [0.05, 0.1) is 15.4 Å². The van der Waals surface area contributed by atoms with Crippen LogP contribution in [0.25, 0.3) is 33.2 Å². The van der Waals surface area contributed by atoms with Crippen molar-refractivity contribution in [1.82, 2.24) is 9.97 Å². The lowest BCUT2D eigenvalue weighted by molar-refractivity contribution is 0.763. The molecule has 51 heavy (non-hydrogen) atoms. The lowest BCUT2D eigenvalue weighted by Gasteiger charge is -2.34. The van der Waals surface area contributed by atoms with Gasteiger partial charge in [0.2, 0.25) is 0 Å². The van der Waals surface area contributed by atoms with E-state index in [-0.39, 0.29) is 0 Å². The molecule has 1 aliphatic rings. The van der Waals surface area contributed by atoms with Gasteiger partial charge in [-0.25, -0.2) is 9.97 Å². The number of halogens is 1. The number of benzene rings is 5. The van der Waals surface area contributed by atoms with E-state index in [0.717, 1.165) is 51.0 Å². The summed E-state index contributed by atoms with van der Waals surface area (Å²) in [4.78, 5) is 9.79. The summed E-state index contributed by atoms with van der Waals surface area (Å²) in [5.74, 6) is 1.51. The van der Waals surface area contributed by atoms with Crippen molar-refractivity contribution >= 4 is 38.5 Å². The van der Waals surface area contributed by atoms with Gasteiger partial charge in [-0.15, -0.1) is 0 Å². The molecule has 0 bridgehead atoms. The third-order valence-corrected chi connectivity index (χ3v) is 11.1. The zero-order chi connectivity index (χ0) is 34.8. The second-order valence-corrected chi connectivity index (χ2v) is 14.6. The number of pyridine rings is 2. The van der Waals surface area contributed by atoms with Gasteiger partial charge in [0.25, 0.3) is 0 Å². The highest BCUT2D eigenvalue weighted by Crippen LogP contribution is 2.56. The second kappa shape index (κ2) is 14.3. The molecule has 0 radical (unpaired) electrons. The van der Waals surface area contributed by atoms with Crippen LogP contribution < -0.4 is 5.32 Å². The fourth-order valence-corrected chi connectivity index (χ4v) is 8.28. The van der Waals surface area contributed by atoms with E-state index in [1.807, 2.05) is 12.3 Å². The predicted octanol–water partition coefficient (Wildman–Crippen LogP) is 12.9. The van der Waals surface area contributed by atoms with Crippen molar-refractivity contribution in [2.24, 2.45) is 0 Å². The molecule has 252 valence electrons. The maximum absolute atomic E-state index is 4.90. The quantitative estimate of drug-likeness (QED) is 0.144. The molecule has 4 heteroatoms. The number of hydrogen-bond acceptors (Lipinski definition) is 3. The normalized spacial score (nSPS) is 14.7. The second-order valence-electron chi connectivity index (χ2n) is 13.7. The number of unbranched alkanes of at least 4 members (excludes halogenated alkanes) is 2. The van der Waals surface area contributed by atoms with Crippen LogP contribution >= 0.6 is 15.9 Å². The lowest BCUT2D eigenvalue weighted by atomic mass is 9.67. The average Bonchev–Trinajstić information content (AvgIpc) is 3.48. The summed E-state index contributed by atoms with van der Waals surface area (Å²) in [6.45, 7) is 4.49. The third kappa shape index (κ3) is 6.16. The Morgan fingerprint density at radius 1 is 0.608 bits per heavy atom. The van der Waals surface area contributed by atoms with Crippen LogP contribution in [0.15, 0.2) is 144 Å². The topological polar surface area (TPSA) is 37.8 Å². The predicted molar refractivity (Wildman–Crippen MR) is 217 cm³/mol. The van der Waals surface area contributed by atoms with Crippen molar-refractivity contribution in [3.05, 3.63) is 178 Å². The number of anilines is 2. The van der Waals surface area contributed by atoms with Crippen LogP contribution in [0.3, 0.4) is 0 Å². The van der Waals surface area contributed by atoms with E-state index in [1.165, 1.54) is 70.2 Å². The van der Waals surface area contributed by atoms with Crippen LogP contribution in [0.2, 0.25) is 0 Å². The Hall–Kier alpha value is -5.06. The van der Waals surface area contributed by atoms with Crippen molar-refractivity contribution < 1.29 is 0 Å². The summed E-state index contributed by atoms with van der Waals surface area (Å²) in [6, 6.07) is 49.2. The summed E-state index contributed by atoms with van der Waals surface area (Å²) in [5, 5.41) is 4.61. The van der Waals surface area contributed by atoms with Gasteiger partial charge < -0.3 is 5.32 Å². The van der Waals surface area contributed by atoms with Gasteiger partial charge in [-0.05, 0) is 128 Å². The van der Waals surface area contributed by atoms with Gasteiger partial charge in [-0.1, -0.05) is 124 Å². The minimum atomic E-state index is -0.447. The molecule has 0 amide bonds. The van der Waals surface area contributed by atoms with Crippen molar-refractivity contribution in [2.75, 3.05) is 5.32 Å². The monoisotopic (exact) mass is 727 g/mol. The largest absolute Gasteiger partial charge is 0.324 e. The van der Waals surface area contributed by atoms with Crippen LogP contribution in [0.4, 0.5) is 11.6 Å². The Balaban J connectivity index is 1.17. The van der Waals surface area contributed by atoms with Crippen LogP contribution in [-0.4, -0.2) is 9.97 Å². The molecule has 1 unspecified atom stereocenters. The maximum atomic E-state index is 4.90. The first-order valence-electron chi connectivity index (χ1n) is 18.3. The molecule has 0 fully saturated rings. The molecule has 1 N–H and O–H groups in total. The SMILES string of the molecule is CCCCc1ccc(C2(c3ccccc3)c3ccccc3-c3ccc(-c4cnc(Nc5ccc6cc(CCCC)ccc6n5)c(Br)c4)cc32)cc1. The Bertz CT molecular complexity index is 2330. The van der Waals surface area contributed by atoms with E-state index in [2.05, 4.69) is 162 Å². The summed E-state index contributed by atoms with van der Waals surface area (Å²) in [5.41, 5.74) is 13.2. The van der Waals surface area contributed by atoms with Crippen molar-refractivity contribution in [3.63, 3.8) is 0 Å². The molecule has 2 aromatic heterocycles. The molecule has 8 rings (SSSR count). The maximum Gasteiger partial charge on any atom is 0.145 e. The first-order chi connectivity index (χ1) is 25.1. The smallest absolute Gasteiger partial charge is 0.145 e. The fourth-order valence-electron chi connectivity index (χ4n) is 7.83. The van der Waals surface area contributed by atoms with Gasteiger partial charge in [0.15, 0.2) is 0 Å². The number of nitrogens with one attached hydrogen (secondary N) is 1. The third-order valence-electron chi connectivity index (χ3n) is 10.5. The van der Waals surface area contributed by atoms with E-state index in [0.29, 0.717) is 0 Å². The van der Waals surface area contributed by atoms with Gasteiger partial charge in [-0.2, -0.15) is 0 Å². The number of rotatable bonds is 11. The highest BCUT2D eigenvalue weighted by molar-refractivity contribution is 9.10. The van der Waals surface area contributed by atoms with Crippen LogP contribution in [0, 0.1) is 0 Å². The Kier molecular flexibility index (Phi) is 9.27. The standard InChI is InChI=1S/C47H42BrN3/c1-3-5-12-32-18-23-38(24-19-32)47(37-14-8-7-9-15-37)41-17-11-10-16-39(41)40-25-21-34(29-42(40)47)36-30-43(48)46(49-31-36)51-45-27-22-35-28-33(13-6-4-2)20-26-44(35)50-45/h7-11,14-31H,3-6,12-13H2,1-2H3,(H,49,50,51). The molecule has 0 aliphatic heterocycles. The van der Waals surface area contributed by atoms with E-state index < -0.39 is 5.41 Å². The molecule has 0 spiro atoms. The minimum absolute atomic E-state index is 0.447. The van der Waals surface area contributed by atoms with Gasteiger partial charge >= 0.3 is 0 Å². The number of fused-ring (bicyclic) bond motifs is 4. The number of hydrogen-bond donors (Lipinski definition) is 1. The minimum Gasteiger partial charge on any atom is -0.324 e. The molecule has 0 saturated carbocycles. The molecule has 0 saturated heterocycles. The van der Waals surface area contributed by atoms with Gasteiger partial charge in [0.1, 0.15) is 11.6 Å². The highest BCUT2D eigenvalue weighted by Gasteiger charge is 2.46. The summed E-state index contributed by atoms with van der Waals surface area (Å²) >= 11 is 3.84. The highest BCUT2D eigenvalue weighted by atomic mass is 79.9. The zero-order valence-corrected chi connectivity index (χ0v) is 30.9. The van der Waals surface area contributed by atoms with Crippen LogP contribution in [-0.2, 0) is 18.3 Å². The number of aryl methyl sites for hydroxylation is 2. The van der Waals surface area contributed by atoms with Crippen molar-refractivity contribution in [2.45, 2.75) is 57.8 Å². The Morgan fingerprint density at radius 2 is 1.31 bits per heavy atom. The molecule has 1 aliphatic carbocycles. The summed E-state index contributed by atoms with van der Waals surface area (Å²) in [7, 11) is 0. The summed E-state index contributed by atoms with van der Waals surface area (Å²) < 4.78 is 0.887. The Morgan fingerprint density at radius 3 is 2.10 bits per heavy atom. The van der Waals surface area contributed by atoms with E-state index >= 15 is 0 Å². The first-order valence-corrected chi connectivity index (χ1v) is 19.1. The molecule has 5 aromatic carbocycles. The van der Waals surface area contributed by atoms with Gasteiger partial charge in [-0.3, -0.25) is 0 Å². The Labute approximate surface area is 310 Å². The van der Waals surface area contributed by atoms with Crippen LogP contribution in [0.1, 0.15) is 72.9 Å². The summed E-state index contributed by atoms with van der Waals surface area (Å²) in [6.07, 6.45) is 8.97. The zero-order valence-electron chi connectivity index (χ0n) is 29.3. The molecule has 3 nitrogen and oxygen atoms in total. The molecular weight excluding hydrogens is 686 g/mol. The molecule has 1 atom stereocenters. The average molecular weight is 729 g/mol. The molecule has 7 aromatic rings. The number of nitrogens with zero attached hydrogens (tertiary/aromatic N) is 2. The van der Waals surface area contributed by atoms with Crippen molar-refractivity contribution in [3.8, 4) is 22.3 Å². The van der Waals surface area contributed by atoms with Crippen molar-refractivity contribution in [1.29, 1.82) is 0 Å². The number of aromatic nitrogens is 2. The fraction of sp³-hybridized carbons (Fsp3) is 0.191. The van der Waals surface area contributed by atoms with E-state index in [9.17, 15) is 0 Å². The molecule has 2 heterocycles. The van der Waals surface area contributed by atoms with Crippen LogP contribution in [0.5, 0.6) is 0 Å². The van der Waals surface area contributed by atoms with E-state index in [1.54, 1.807) is 0 Å². The lowest BCUT2D eigenvalue weighted by Crippen LogP contribution is -2.28.